The highest BCUT2D eigenvalue weighted by Gasteiger charge is 2.27. The van der Waals surface area contributed by atoms with Crippen molar-refractivity contribution in [3.05, 3.63) is 11.6 Å². The molecule has 1 heterocycles. The fourth-order valence-electron chi connectivity index (χ4n) is 2.12. The minimum absolute atomic E-state index is 0.00941. The Morgan fingerprint density at radius 3 is 2.58 bits per heavy atom. The number of carbonyl (C=O) groups is 1. The molecular formula is C17H33N7O2. The molecular weight excluding hydrogens is 334 g/mol. The first-order chi connectivity index (χ1) is 12.3. The molecule has 148 valence electrons. The number of hydrogen-bond donors (Lipinski definition) is 3. The molecule has 0 fully saturated rings. The predicted molar refractivity (Wildman–Crippen MR) is 102 cm³/mol. The summed E-state index contributed by atoms with van der Waals surface area (Å²) in [7, 11) is 3.59. The van der Waals surface area contributed by atoms with Crippen molar-refractivity contribution in [3.8, 4) is 0 Å². The van der Waals surface area contributed by atoms with Crippen molar-refractivity contribution < 1.29 is 9.53 Å². The summed E-state index contributed by atoms with van der Waals surface area (Å²) >= 11 is 0. The van der Waals surface area contributed by atoms with E-state index in [1.54, 1.807) is 7.11 Å². The molecule has 3 N–H and O–H groups in total. The van der Waals surface area contributed by atoms with Crippen LogP contribution in [-0.2, 0) is 23.1 Å². The minimum Gasteiger partial charge on any atom is -0.385 e. The second-order valence-corrected chi connectivity index (χ2v) is 6.76. The van der Waals surface area contributed by atoms with Crippen LogP contribution in [0.2, 0.25) is 0 Å². The van der Waals surface area contributed by atoms with Crippen molar-refractivity contribution >= 4 is 11.9 Å². The highest BCUT2D eigenvalue weighted by molar-refractivity contribution is 5.84. The van der Waals surface area contributed by atoms with Gasteiger partial charge >= 0.3 is 0 Å². The molecule has 0 radical (unpaired) electrons. The van der Waals surface area contributed by atoms with Crippen LogP contribution in [-0.4, -0.2) is 60.0 Å². The number of methoxy groups -OCH3 is 1. The summed E-state index contributed by atoms with van der Waals surface area (Å²) in [5, 5.41) is 17.5. The molecule has 0 bridgehead atoms. The van der Waals surface area contributed by atoms with Crippen molar-refractivity contribution in [2.45, 2.75) is 40.7 Å². The zero-order valence-corrected chi connectivity index (χ0v) is 16.8. The van der Waals surface area contributed by atoms with Crippen molar-refractivity contribution in [2.24, 2.45) is 17.5 Å². The SMILES string of the molecule is CCNC(=O)C(C)(C)CNC(=NCc1nnc(C)n1C)NCCCOC. The minimum atomic E-state index is -0.549. The Bertz CT molecular complexity index is 596. The smallest absolute Gasteiger partial charge is 0.227 e. The third kappa shape index (κ3) is 6.99. The lowest BCUT2D eigenvalue weighted by Gasteiger charge is -2.25. The van der Waals surface area contributed by atoms with Gasteiger partial charge in [-0.3, -0.25) is 4.79 Å². The van der Waals surface area contributed by atoms with E-state index in [-0.39, 0.29) is 5.91 Å². The van der Waals surface area contributed by atoms with Crippen LogP contribution >= 0.6 is 0 Å². The number of nitrogens with one attached hydrogen (secondary N) is 3. The van der Waals surface area contributed by atoms with Gasteiger partial charge in [0.2, 0.25) is 5.91 Å². The van der Waals surface area contributed by atoms with Gasteiger partial charge in [-0.15, -0.1) is 10.2 Å². The summed E-state index contributed by atoms with van der Waals surface area (Å²) in [4.78, 5) is 16.7. The van der Waals surface area contributed by atoms with E-state index < -0.39 is 5.41 Å². The molecule has 0 aliphatic carbocycles. The number of amides is 1. The maximum absolute atomic E-state index is 12.2. The van der Waals surface area contributed by atoms with E-state index in [1.807, 2.05) is 39.3 Å². The fourth-order valence-corrected chi connectivity index (χ4v) is 2.12. The van der Waals surface area contributed by atoms with E-state index in [1.165, 1.54) is 0 Å². The predicted octanol–water partition coefficient (Wildman–Crippen LogP) is 0.358. The van der Waals surface area contributed by atoms with E-state index in [2.05, 4.69) is 31.1 Å². The van der Waals surface area contributed by atoms with Crippen molar-refractivity contribution in [3.63, 3.8) is 0 Å². The molecule has 9 heteroatoms. The Labute approximate surface area is 156 Å². The van der Waals surface area contributed by atoms with Gasteiger partial charge in [-0.05, 0) is 34.1 Å². The fraction of sp³-hybridized carbons (Fsp3) is 0.765. The van der Waals surface area contributed by atoms with E-state index in [4.69, 9.17) is 4.74 Å². The third-order valence-electron chi connectivity index (χ3n) is 4.03. The summed E-state index contributed by atoms with van der Waals surface area (Å²) in [5.74, 6) is 2.27. The average Bonchev–Trinajstić information content (AvgIpc) is 2.92. The van der Waals surface area contributed by atoms with Gasteiger partial charge in [0.1, 0.15) is 12.4 Å². The van der Waals surface area contributed by atoms with Crippen LogP contribution < -0.4 is 16.0 Å². The largest absolute Gasteiger partial charge is 0.385 e. The molecule has 0 unspecified atom stereocenters. The summed E-state index contributed by atoms with van der Waals surface area (Å²) in [6, 6.07) is 0. The van der Waals surface area contributed by atoms with E-state index in [0.29, 0.717) is 32.2 Å². The van der Waals surface area contributed by atoms with Gasteiger partial charge in [-0.25, -0.2) is 4.99 Å². The van der Waals surface area contributed by atoms with Crippen LogP contribution in [0.5, 0.6) is 0 Å². The van der Waals surface area contributed by atoms with Crippen molar-refractivity contribution in [2.75, 3.05) is 33.4 Å². The van der Waals surface area contributed by atoms with E-state index >= 15 is 0 Å². The Kier molecular flexibility index (Phi) is 9.04. The number of carbonyl (C=O) groups excluding carboxylic acids is 1. The topological polar surface area (TPSA) is 105 Å². The van der Waals surface area contributed by atoms with Crippen molar-refractivity contribution in [1.29, 1.82) is 0 Å². The number of aryl methyl sites for hydroxylation is 1. The second kappa shape index (κ2) is 10.7. The zero-order valence-electron chi connectivity index (χ0n) is 16.8. The monoisotopic (exact) mass is 367 g/mol. The first-order valence-electron chi connectivity index (χ1n) is 8.96. The number of rotatable bonds is 10. The summed E-state index contributed by atoms with van der Waals surface area (Å²) in [6.07, 6.45) is 0.861. The lowest BCUT2D eigenvalue weighted by molar-refractivity contribution is -0.128. The standard InChI is InChI=1S/C17H33N7O2/c1-7-18-15(25)17(3,4)12-21-16(19-9-8-10-26-6)20-11-14-23-22-13(2)24(14)5/h7-12H2,1-6H3,(H,18,25)(H2,19,20,21). The lowest BCUT2D eigenvalue weighted by atomic mass is 9.92. The number of hydrogen-bond acceptors (Lipinski definition) is 5. The molecule has 0 atom stereocenters. The van der Waals surface area contributed by atoms with E-state index in [9.17, 15) is 4.79 Å². The number of aliphatic imine (C=N–C) groups is 1. The molecule has 0 aliphatic heterocycles. The van der Waals surface area contributed by atoms with Crippen LogP contribution in [0.25, 0.3) is 0 Å². The van der Waals surface area contributed by atoms with Crippen LogP contribution in [0.1, 0.15) is 38.8 Å². The molecule has 1 aromatic rings. The van der Waals surface area contributed by atoms with Gasteiger partial charge in [0, 0.05) is 40.4 Å². The van der Waals surface area contributed by atoms with Gasteiger partial charge in [-0.1, -0.05) is 0 Å². The first-order valence-corrected chi connectivity index (χ1v) is 8.96. The van der Waals surface area contributed by atoms with Gasteiger partial charge < -0.3 is 25.3 Å². The Morgan fingerprint density at radius 2 is 2.00 bits per heavy atom. The van der Waals surface area contributed by atoms with Crippen molar-refractivity contribution in [1.82, 2.24) is 30.7 Å². The quantitative estimate of drug-likeness (QED) is 0.313. The molecule has 0 aliphatic rings. The maximum Gasteiger partial charge on any atom is 0.227 e. The number of guanidine groups is 1. The normalized spacial score (nSPS) is 12.2. The van der Waals surface area contributed by atoms with Crippen LogP contribution in [0, 0.1) is 12.3 Å². The first kappa shape index (κ1) is 21.9. The highest BCUT2D eigenvalue weighted by Crippen LogP contribution is 2.13. The summed E-state index contributed by atoms with van der Waals surface area (Å²) in [5.41, 5.74) is -0.549. The molecule has 0 saturated carbocycles. The van der Waals surface area contributed by atoms with Crippen LogP contribution in [0.15, 0.2) is 4.99 Å². The maximum atomic E-state index is 12.2. The molecule has 0 saturated heterocycles. The zero-order chi connectivity index (χ0) is 19.6. The molecule has 1 amide bonds. The van der Waals surface area contributed by atoms with Crippen LogP contribution in [0.3, 0.4) is 0 Å². The Hall–Kier alpha value is -2.16. The molecule has 9 nitrogen and oxygen atoms in total. The number of nitrogens with zero attached hydrogens (tertiary/aromatic N) is 4. The van der Waals surface area contributed by atoms with Gasteiger partial charge in [0.15, 0.2) is 11.8 Å². The molecule has 0 aromatic carbocycles. The van der Waals surface area contributed by atoms with Gasteiger partial charge in [-0.2, -0.15) is 0 Å². The summed E-state index contributed by atoms with van der Waals surface area (Å²) in [6.45, 7) is 10.5. The Morgan fingerprint density at radius 1 is 1.27 bits per heavy atom. The molecule has 1 rings (SSSR count). The lowest BCUT2D eigenvalue weighted by Crippen LogP contribution is -2.48. The number of ether oxygens (including phenoxy) is 1. The molecule has 26 heavy (non-hydrogen) atoms. The van der Waals surface area contributed by atoms with E-state index in [0.717, 1.165) is 24.6 Å². The Balaban J connectivity index is 2.72. The molecule has 1 aromatic heterocycles. The third-order valence-corrected chi connectivity index (χ3v) is 4.03. The second-order valence-electron chi connectivity index (χ2n) is 6.76. The van der Waals surface area contributed by atoms with Gasteiger partial charge in [0.05, 0.1) is 5.41 Å². The summed E-state index contributed by atoms with van der Waals surface area (Å²) < 4.78 is 6.98. The van der Waals surface area contributed by atoms with Crippen LogP contribution in [0.4, 0.5) is 0 Å². The molecule has 0 spiro atoms. The van der Waals surface area contributed by atoms with Gasteiger partial charge in [0.25, 0.3) is 0 Å². The average molecular weight is 367 g/mol. The highest BCUT2D eigenvalue weighted by atomic mass is 16.5. The number of aromatic nitrogens is 3.